The van der Waals surface area contributed by atoms with Gasteiger partial charge in [-0.3, -0.25) is 4.90 Å². The molecule has 1 rings (SSSR count). The number of nitrogens with zero attached hydrogens (tertiary/aromatic N) is 1. The number of unbranched alkanes of at least 4 members (excludes halogenated alkanes) is 1. The largest absolute Gasteiger partial charge is 0.385 e. The van der Waals surface area contributed by atoms with Crippen molar-refractivity contribution in [1.82, 2.24) is 4.90 Å². The highest BCUT2D eigenvalue weighted by Crippen LogP contribution is 2.22. The minimum atomic E-state index is -0.0159. The minimum absolute atomic E-state index is 0.0159. The Morgan fingerprint density at radius 3 is 2.81 bits per heavy atom. The van der Waals surface area contributed by atoms with Crippen molar-refractivity contribution >= 4 is 15.9 Å². The maximum Gasteiger partial charge on any atom is 0.0806 e. The van der Waals surface area contributed by atoms with E-state index in [0.29, 0.717) is 6.10 Å². The first-order valence-electron chi connectivity index (χ1n) is 6.02. The highest BCUT2D eigenvalue weighted by molar-refractivity contribution is 9.09. The van der Waals surface area contributed by atoms with Crippen LogP contribution < -0.4 is 0 Å². The molecule has 0 aromatic heterocycles. The van der Waals surface area contributed by atoms with Gasteiger partial charge in [0.15, 0.2) is 0 Å². The van der Waals surface area contributed by atoms with Crippen LogP contribution in [0.1, 0.15) is 26.7 Å². The zero-order chi connectivity index (χ0) is 12.0. The van der Waals surface area contributed by atoms with Gasteiger partial charge in [-0.05, 0) is 33.2 Å². The minimum Gasteiger partial charge on any atom is -0.385 e. The molecule has 0 spiro atoms. The van der Waals surface area contributed by atoms with E-state index >= 15 is 0 Å². The van der Waals surface area contributed by atoms with Gasteiger partial charge in [0.2, 0.25) is 0 Å². The third kappa shape index (κ3) is 5.13. The van der Waals surface area contributed by atoms with Gasteiger partial charge in [-0.15, -0.1) is 0 Å². The zero-order valence-electron chi connectivity index (χ0n) is 10.7. The molecule has 1 unspecified atom stereocenters. The second kappa shape index (κ2) is 6.94. The first-order chi connectivity index (χ1) is 7.57. The molecule has 1 saturated heterocycles. The molecule has 96 valence electrons. The van der Waals surface area contributed by atoms with Crippen molar-refractivity contribution in [2.45, 2.75) is 38.4 Å². The van der Waals surface area contributed by atoms with Gasteiger partial charge in [-0.1, -0.05) is 15.9 Å². The third-order valence-corrected chi connectivity index (χ3v) is 3.52. The summed E-state index contributed by atoms with van der Waals surface area (Å²) in [5.41, 5.74) is -0.0159. The fraction of sp³-hybridized carbons (Fsp3) is 1.00. The number of halogens is 1. The van der Waals surface area contributed by atoms with Gasteiger partial charge in [-0.2, -0.15) is 0 Å². The number of methoxy groups -OCH3 is 1. The molecular formula is C12H24BrNO2. The predicted molar refractivity (Wildman–Crippen MR) is 70.3 cm³/mol. The molecule has 0 radical (unpaired) electrons. The van der Waals surface area contributed by atoms with Crippen LogP contribution in [0.4, 0.5) is 0 Å². The SMILES string of the molecule is COCCCCN1CC(CBr)OC(C)(C)C1. The standard InChI is InChI=1S/C12H24BrNO2/c1-12(2)10-14(6-4-5-7-15-3)9-11(8-13)16-12/h11H,4-10H2,1-3H3. The molecule has 1 heterocycles. The summed E-state index contributed by atoms with van der Waals surface area (Å²) >= 11 is 3.51. The van der Waals surface area contributed by atoms with E-state index in [-0.39, 0.29) is 5.60 Å². The third-order valence-electron chi connectivity index (χ3n) is 2.80. The Morgan fingerprint density at radius 1 is 1.44 bits per heavy atom. The molecule has 0 aromatic carbocycles. The van der Waals surface area contributed by atoms with Crippen LogP contribution in [-0.4, -0.2) is 55.3 Å². The van der Waals surface area contributed by atoms with Crippen LogP contribution in [0.15, 0.2) is 0 Å². The second-order valence-electron chi connectivity index (χ2n) is 5.09. The highest BCUT2D eigenvalue weighted by Gasteiger charge is 2.32. The van der Waals surface area contributed by atoms with Gasteiger partial charge in [0.05, 0.1) is 11.7 Å². The van der Waals surface area contributed by atoms with E-state index in [0.717, 1.165) is 38.0 Å². The molecule has 1 atom stereocenters. The van der Waals surface area contributed by atoms with Gasteiger partial charge in [0.25, 0.3) is 0 Å². The van der Waals surface area contributed by atoms with Crippen LogP contribution in [-0.2, 0) is 9.47 Å². The number of hydrogen-bond donors (Lipinski definition) is 0. The van der Waals surface area contributed by atoms with Gasteiger partial charge in [-0.25, -0.2) is 0 Å². The van der Waals surface area contributed by atoms with Gasteiger partial charge < -0.3 is 9.47 Å². The van der Waals surface area contributed by atoms with Crippen molar-refractivity contribution in [3.05, 3.63) is 0 Å². The molecule has 1 aliphatic heterocycles. The van der Waals surface area contributed by atoms with Crippen LogP contribution in [0.3, 0.4) is 0 Å². The summed E-state index contributed by atoms with van der Waals surface area (Å²) in [4.78, 5) is 2.51. The average Bonchev–Trinajstić information content (AvgIpc) is 2.22. The molecule has 16 heavy (non-hydrogen) atoms. The van der Waals surface area contributed by atoms with Crippen LogP contribution in [0.5, 0.6) is 0 Å². The maximum absolute atomic E-state index is 5.97. The van der Waals surface area contributed by atoms with Crippen LogP contribution in [0.25, 0.3) is 0 Å². The van der Waals surface area contributed by atoms with E-state index in [1.807, 2.05) is 0 Å². The molecular weight excluding hydrogens is 270 g/mol. The predicted octanol–water partition coefficient (Wildman–Crippen LogP) is 2.29. The summed E-state index contributed by atoms with van der Waals surface area (Å²) in [7, 11) is 1.76. The fourth-order valence-electron chi connectivity index (χ4n) is 2.25. The lowest BCUT2D eigenvalue weighted by Gasteiger charge is -2.42. The zero-order valence-corrected chi connectivity index (χ0v) is 12.3. The number of rotatable bonds is 6. The Labute approximate surface area is 108 Å². The number of alkyl halides is 1. The summed E-state index contributed by atoms with van der Waals surface area (Å²) in [5, 5.41) is 0.922. The molecule has 0 aliphatic carbocycles. The van der Waals surface area contributed by atoms with E-state index in [9.17, 15) is 0 Å². The van der Waals surface area contributed by atoms with E-state index in [1.165, 1.54) is 6.42 Å². The first kappa shape index (κ1) is 14.4. The summed E-state index contributed by atoms with van der Waals surface area (Å²) in [6.07, 6.45) is 2.68. The van der Waals surface area contributed by atoms with Crippen LogP contribution in [0, 0.1) is 0 Å². The molecule has 1 fully saturated rings. The Balaban J connectivity index is 2.29. The molecule has 0 aromatic rings. The summed E-state index contributed by atoms with van der Waals surface area (Å²) in [6, 6.07) is 0. The van der Waals surface area contributed by atoms with Crippen molar-refractivity contribution in [2.24, 2.45) is 0 Å². The van der Waals surface area contributed by atoms with Crippen LogP contribution in [0.2, 0.25) is 0 Å². The first-order valence-corrected chi connectivity index (χ1v) is 7.14. The summed E-state index contributed by atoms with van der Waals surface area (Å²) in [5.74, 6) is 0. The fourth-order valence-corrected chi connectivity index (χ4v) is 2.59. The molecule has 0 N–H and O–H groups in total. The van der Waals surface area contributed by atoms with Gasteiger partial charge in [0.1, 0.15) is 0 Å². The summed E-state index contributed by atoms with van der Waals surface area (Å²) in [6.45, 7) is 8.44. The smallest absolute Gasteiger partial charge is 0.0806 e. The van der Waals surface area contributed by atoms with Crippen LogP contribution >= 0.6 is 15.9 Å². The van der Waals surface area contributed by atoms with E-state index in [4.69, 9.17) is 9.47 Å². The van der Waals surface area contributed by atoms with E-state index in [2.05, 4.69) is 34.7 Å². The van der Waals surface area contributed by atoms with Crippen molar-refractivity contribution in [3.8, 4) is 0 Å². The molecule has 3 nitrogen and oxygen atoms in total. The quantitative estimate of drug-likeness (QED) is 0.554. The monoisotopic (exact) mass is 293 g/mol. The molecule has 4 heteroatoms. The number of morpholine rings is 1. The van der Waals surface area contributed by atoms with E-state index < -0.39 is 0 Å². The summed E-state index contributed by atoms with van der Waals surface area (Å²) < 4.78 is 11.0. The van der Waals surface area contributed by atoms with Crippen molar-refractivity contribution < 1.29 is 9.47 Å². The topological polar surface area (TPSA) is 21.7 Å². The van der Waals surface area contributed by atoms with Crippen molar-refractivity contribution in [1.29, 1.82) is 0 Å². The van der Waals surface area contributed by atoms with Crippen molar-refractivity contribution in [2.75, 3.05) is 38.7 Å². The second-order valence-corrected chi connectivity index (χ2v) is 5.74. The number of ether oxygens (including phenoxy) is 2. The lowest BCUT2D eigenvalue weighted by molar-refractivity contribution is -0.126. The van der Waals surface area contributed by atoms with Gasteiger partial charge in [0, 0.05) is 32.1 Å². The normalized spacial score (nSPS) is 25.9. The Hall–Kier alpha value is 0.360. The Morgan fingerprint density at radius 2 is 2.19 bits per heavy atom. The molecule has 0 saturated carbocycles. The van der Waals surface area contributed by atoms with E-state index in [1.54, 1.807) is 7.11 Å². The average molecular weight is 294 g/mol. The molecule has 0 amide bonds. The molecule has 0 bridgehead atoms. The van der Waals surface area contributed by atoms with Gasteiger partial charge >= 0.3 is 0 Å². The maximum atomic E-state index is 5.97. The highest BCUT2D eigenvalue weighted by atomic mass is 79.9. The Bertz CT molecular complexity index is 199. The Kier molecular flexibility index (Phi) is 6.26. The lowest BCUT2D eigenvalue weighted by Crippen LogP contribution is -2.53. The number of hydrogen-bond acceptors (Lipinski definition) is 3. The lowest BCUT2D eigenvalue weighted by atomic mass is 10.1. The van der Waals surface area contributed by atoms with Crippen molar-refractivity contribution in [3.63, 3.8) is 0 Å². The molecule has 1 aliphatic rings.